The summed E-state index contributed by atoms with van der Waals surface area (Å²) in [7, 11) is 0. The van der Waals surface area contributed by atoms with Crippen molar-refractivity contribution in [3.8, 4) is 0 Å². The molecule has 1 unspecified atom stereocenters. The normalized spacial score (nSPS) is 20.9. The number of rotatable bonds is 7. The number of nitrogens with zero attached hydrogens (tertiary/aromatic N) is 1. The van der Waals surface area contributed by atoms with Gasteiger partial charge in [-0.25, -0.2) is 0 Å². The molecule has 1 saturated heterocycles. The summed E-state index contributed by atoms with van der Waals surface area (Å²) in [5.74, 6) is 0.103. The topological polar surface area (TPSA) is 44.4 Å². The number of carbonyl (C=O) groups excluding carboxylic acids is 1. The van der Waals surface area contributed by atoms with E-state index in [2.05, 4.69) is 36.0 Å². The lowest BCUT2D eigenvalue weighted by Gasteiger charge is -2.35. The Morgan fingerprint density at radius 1 is 1.50 bits per heavy atom. The van der Waals surface area contributed by atoms with E-state index in [4.69, 9.17) is 0 Å². The minimum absolute atomic E-state index is 0.103. The molecule has 1 aliphatic rings. The lowest BCUT2D eigenvalue weighted by Crippen LogP contribution is -2.50. The second-order valence-corrected chi connectivity index (χ2v) is 5.28. The van der Waals surface area contributed by atoms with Crippen molar-refractivity contribution in [3.63, 3.8) is 0 Å². The molecule has 2 N–H and O–H groups in total. The Kier molecular flexibility index (Phi) is 6.98. The summed E-state index contributed by atoms with van der Waals surface area (Å²) in [5, 5.41) is 6.32. The van der Waals surface area contributed by atoms with Crippen LogP contribution in [0.4, 0.5) is 0 Å². The molecule has 1 atom stereocenters. The highest BCUT2D eigenvalue weighted by atomic mass is 16.2. The highest BCUT2D eigenvalue weighted by Crippen LogP contribution is 2.16. The Labute approximate surface area is 111 Å². The Hall–Kier alpha value is -0.870. The van der Waals surface area contributed by atoms with Crippen molar-refractivity contribution in [2.24, 2.45) is 0 Å². The molecule has 1 aliphatic heterocycles. The van der Waals surface area contributed by atoms with Crippen LogP contribution in [-0.4, -0.2) is 49.1 Å². The van der Waals surface area contributed by atoms with Gasteiger partial charge in [0.15, 0.2) is 0 Å². The van der Waals surface area contributed by atoms with Gasteiger partial charge in [0.25, 0.3) is 0 Å². The molecule has 0 aromatic rings. The average Bonchev–Trinajstić information content (AvgIpc) is 2.35. The molecule has 0 aromatic heterocycles. The lowest BCUT2D eigenvalue weighted by molar-refractivity contribution is -0.122. The van der Waals surface area contributed by atoms with Crippen LogP contribution in [-0.2, 0) is 4.79 Å². The number of piperidine rings is 1. The van der Waals surface area contributed by atoms with E-state index in [0.717, 1.165) is 13.1 Å². The van der Waals surface area contributed by atoms with Crippen LogP contribution in [0.15, 0.2) is 12.7 Å². The molecule has 104 valence electrons. The fourth-order valence-corrected chi connectivity index (χ4v) is 2.30. The smallest absolute Gasteiger partial charge is 0.234 e. The zero-order valence-electron chi connectivity index (χ0n) is 11.7. The maximum Gasteiger partial charge on any atom is 0.234 e. The summed E-state index contributed by atoms with van der Waals surface area (Å²) in [6.07, 6.45) is 5.38. The van der Waals surface area contributed by atoms with E-state index in [1.54, 1.807) is 6.08 Å². The van der Waals surface area contributed by atoms with E-state index < -0.39 is 0 Å². The third-order valence-corrected chi connectivity index (χ3v) is 3.30. The zero-order valence-corrected chi connectivity index (χ0v) is 11.7. The van der Waals surface area contributed by atoms with Crippen molar-refractivity contribution in [2.75, 3.05) is 26.2 Å². The van der Waals surface area contributed by atoms with Gasteiger partial charge in [-0.1, -0.05) is 26.3 Å². The minimum atomic E-state index is 0.103. The van der Waals surface area contributed by atoms with E-state index in [1.807, 2.05) is 0 Å². The molecule has 0 bridgehead atoms. The van der Waals surface area contributed by atoms with E-state index in [-0.39, 0.29) is 5.91 Å². The van der Waals surface area contributed by atoms with Gasteiger partial charge >= 0.3 is 0 Å². The average molecular weight is 253 g/mol. The quantitative estimate of drug-likeness (QED) is 0.669. The Bertz CT molecular complexity index is 266. The molecule has 0 saturated carbocycles. The standard InChI is InChI=1S/C14H27N3O/c1-4-8-15-14(18)11-17-9-6-5-7-13(17)10-16-12(2)3/h4,12-13,16H,1,5-11H2,2-3H3,(H,15,18). The summed E-state index contributed by atoms with van der Waals surface area (Å²) < 4.78 is 0. The van der Waals surface area contributed by atoms with Crippen molar-refractivity contribution in [1.82, 2.24) is 15.5 Å². The first-order valence-electron chi connectivity index (χ1n) is 6.98. The van der Waals surface area contributed by atoms with Gasteiger partial charge in [-0.2, -0.15) is 0 Å². The van der Waals surface area contributed by atoms with Crippen LogP contribution < -0.4 is 10.6 Å². The SMILES string of the molecule is C=CCNC(=O)CN1CCCCC1CNC(C)C. The number of hydrogen-bond donors (Lipinski definition) is 2. The van der Waals surface area contributed by atoms with E-state index in [1.165, 1.54) is 19.3 Å². The van der Waals surface area contributed by atoms with Gasteiger partial charge in [-0.3, -0.25) is 9.69 Å². The molecule has 1 heterocycles. The van der Waals surface area contributed by atoms with Gasteiger partial charge < -0.3 is 10.6 Å². The first kappa shape index (κ1) is 15.2. The first-order valence-corrected chi connectivity index (χ1v) is 6.98. The minimum Gasteiger partial charge on any atom is -0.352 e. The van der Waals surface area contributed by atoms with E-state index >= 15 is 0 Å². The largest absolute Gasteiger partial charge is 0.352 e. The summed E-state index contributed by atoms with van der Waals surface area (Å²) in [4.78, 5) is 14.0. The molecular weight excluding hydrogens is 226 g/mol. The number of likely N-dealkylation sites (tertiary alicyclic amines) is 1. The van der Waals surface area contributed by atoms with Crippen molar-refractivity contribution in [1.29, 1.82) is 0 Å². The monoisotopic (exact) mass is 253 g/mol. The highest BCUT2D eigenvalue weighted by Gasteiger charge is 2.23. The second kappa shape index (κ2) is 8.27. The molecule has 4 heteroatoms. The van der Waals surface area contributed by atoms with Crippen LogP contribution in [0.1, 0.15) is 33.1 Å². The van der Waals surface area contributed by atoms with Crippen LogP contribution in [0.5, 0.6) is 0 Å². The number of amides is 1. The molecule has 0 radical (unpaired) electrons. The Morgan fingerprint density at radius 2 is 2.28 bits per heavy atom. The second-order valence-electron chi connectivity index (χ2n) is 5.28. The van der Waals surface area contributed by atoms with Gasteiger partial charge in [0.05, 0.1) is 6.54 Å². The zero-order chi connectivity index (χ0) is 13.4. The molecule has 0 aliphatic carbocycles. The van der Waals surface area contributed by atoms with Crippen molar-refractivity contribution < 1.29 is 4.79 Å². The molecule has 4 nitrogen and oxygen atoms in total. The van der Waals surface area contributed by atoms with E-state index in [9.17, 15) is 4.79 Å². The molecule has 1 amide bonds. The summed E-state index contributed by atoms with van der Waals surface area (Å²) in [5.41, 5.74) is 0. The number of hydrogen-bond acceptors (Lipinski definition) is 3. The fourth-order valence-electron chi connectivity index (χ4n) is 2.30. The molecule has 1 fully saturated rings. The predicted octanol–water partition coefficient (Wildman–Crippen LogP) is 1.14. The predicted molar refractivity (Wildman–Crippen MR) is 75.6 cm³/mol. The Balaban J connectivity index is 2.38. The van der Waals surface area contributed by atoms with Gasteiger partial charge in [0.2, 0.25) is 5.91 Å². The van der Waals surface area contributed by atoms with Gasteiger partial charge in [0, 0.05) is 25.2 Å². The van der Waals surface area contributed by atoms with Crippen molar-refractivity contribution >= 4 is 5.91 Å². The van der Waals surface area contributed by atoms with Crippen molar-refractivity contribution in [3.05, 3.63) is 12.7 Å². The van der Waals surface area contributed by atoms with Crippen molar-refractivity contribution in [2.45, 2.75) is 45.2 Å². The molecule has 0 spiro atoms. The van der Waals surface area contributed by atoms with Gasteiger partial charge in [-0.05, 0) is 19.4 Å². The molecule has 0 aromatic carbocycles. The van der Waals surface area contributed by atoms with Gasteiger partial charge in [0.1, 0.15) is 0 Å². The Morgan fingerprint density at radius 3 is 2.94 bits per heavy atom. The number of nitrogens with one attached hydrogen (secondary N) is 2. The van der Waals surface area contributed by atoms with Crippen LogP contribution in [0, 0.1) is 0 Å². The van der Waals surface area contributed by atoms with Crippen LogP contribution in [0.3, 0.4) is 0 Å². The molecule has 1 rings (SSSR count). The number of carbonyl (C=O) groups is 1. The van der Waals surface area contributed by atoms with Crippen LogP contribution in [0.2, 0.25) is 0 Å². The maximum atomic E-state index is 11.7. The maximum absolute atomic E-state index is 11.7. The highest BCUT2D eigenvalue weighted by molar-refractivity contribution is 5.78. The third-order valence-electron chi connectivity index (χ3n) is 3.30. The van der Waals surface area contributed by atoms with Crippen LogP contribution >= 0.6 is 0 Å². The summed E-state index contributed by atoms with van der Waals surface area (Å²) in [6.45, 7) is 11.0. The molecular formula is C14H27N3O. The van der Waals surface area contributed by atoms with Crippen LogP contribution in [0.25, 0.3) is 0 Å². The molecule has 18 heavy (non-hydrogen) atoms. The fraction of sp³-hybridized carbons (Fsp3) is 0.786. The lowest BCUT2D eigenvalue weighted by atomic mass is 10.0. The summed E-state index contributed by atoms with van der Waals surface area (Å²) in [6, 6.07) is 0.999. The summed E-state index contributed by atoms with van der Waals surface area (Å²) >= 11 is 0. The third kappa shape index (κ3) is 5.65. The van der Waals surface area contributed by atoms with Gasteiger partial charge in [-0.15, -0.1) is 6.58 Å². The first-order chi connectivity index (χ1) is 8.63. The van der Waals surface area contributed by atoms with E-state index in [0.29, 0.717) is 25.2 Å².